The number of rotatable bonds is 1. The highest BCUT2D eigenvalue weighted by Crippen LogP contribution is 2.40. The number of nitrogens with zero attached hydrogens (tertiary/aromatic N) is 1. The van der Waals surface area contributed by atoms with Gasteiger partial charge in [-0.2, -0.15) is 0 Å². The first kappa shape index (κ1) is 11.3. The van der Waals surface area contributed by atoms with Crippen molar-refractivity contribution in [3.05, 3.63) is 24.7 Å². The summed E-state index contributed by atoms with van der Waals surface area (Å²) >= 11 is 0. The monoisotopic (exact) mass is 221 g/mol. The number of benzene rings is 1. The molecule has 0 aliphatic carbocycles. The number of hydrogen-bond acceptors (Lipinski definition) is 2. The van der Waals surface area contributed by atoms with Crippen molar-refractivity contribution in [2.75, 3.05) is 13.6 Å². The fourth-order valence-electron chi connectivity index (χ4n) is 2.59. The van der Waals surface area contributed by atoms with Crippen molar-refractivity contribution in [3.8, 4) is 11.5 Å². The van der Waals surface area contributed by atoms with Gasteiger partial charge in [0.2, 0.25) is 0 Å². The summed E-state index contributed by atoms with van der Waals surface area (Å²) in [6.07, 6.45) is 2.08. The third-order valence-electron chi connectivity index (χ3n) is 3.50. The van der Waals surface area contributed by atoms with Crippen molar-refractivity contribution in [1.82, 2.24) is 4.48 Å². The van der Waals surface area contributed by atoms with Crippen LogP contribution >= 0.6 is 0 Å². The molecule has 0 spiro atoms. The van der Waals surface area contributed by atoms with E-state index >= 15 is 0 Å². The molecule has 3 nitrogen and oxygen atoms in total. The first-order valence-electron chi connectivity index (χ1n) is 5.69. The van der Waals surface area contributed by atoms with Crippen LogP contribution in [-0.2, 0) is 6.42 Å². The lowest BCUT2D eigenvalue weighted by Crippen LogP contribution is -2.46. The van der Waals surface area contributed by atoms with Crippen LogP contribution in [0.15, 0.2) is 12.1 Å². The molecule has 1 aliphatic rings. The Bertz CT molecular complexity index is 413. The maximum atomic E-state index is 9.54. The van der Waals surface area contributed by atoms with Gasteiger partial charge in [0.05, 0.1) is 6.54 Å². The SMILES string of the molecule is [CH2-][N+]1(C)C[C@@H](CC)Cc2cc(O)c(O)cc21. The van der Waals surface area contributed by atoms with E-state index in [-0.39, 0.29) is 11.5 Å². The summed E-state index contributed by atoms with van der Waals surface area (Å²) in [5.74, 6) is 0.510. The van der Waals surface area contributed by atoms with E-state index in [1.165, 1.54) is 0 Å². The van der Waals surface area contributed by atoms with Gasteiger partial charge in [-0.15, -0.1) is 7.05 Å². The second-order valence-electron chi connectivity index (χ2n) is 5.03. The lowest BCUT2D eigenvalue weighted by Gasteiger charge is -2.45. The zero-order valence-electron chi connectivity index (χ0n) is 9.90. The summed E-state index contributed by atoms with van der Waals surface area (Å²) in [5, 5.41) is 19.1. The quantitative estimate of drug-likeness (QED) is 0.434. The Balaban J connectivity index is 2.51. The van der Waals surface area contributed by atoms with E-state index in [0.29, 0.717) is 10.4 Å². The Hall–Kier alpha value is -1.22. The third kappa shape index (κ3) is 1.76. The molecule has 3 heteroatoms. The fourth-order valence-corrected chi connectivity index (χ4v) is 2.59. The molecule has 1 aliphatic heterocycles. The molecule has 2 N–H and O–H groups in total. The second-order valence-corrected chi connectivity index (χ2v) is 5.03. The fraction of sp³-hybridized carbons (Fsp3) is 0.462. The van der Waals surface area contributed by atoms with E-state index in [9.17, 15) is 10.2 Å². The van der Waals surface area contributed by atoms with E-state index in [2.05, 4.69) is 14.0 Å². The van der Waals surface area contributed by atoms with Gasteiger partial charge in [-0.05, 0) is 18.9 Å². The molecule has 88 valence electrons. The molecule has 2 atom stereocenters. The predicted octanol–water partition coefficient (Wildman–Crippen LogP) is 2.41. The van der Waals surface area contributed by atoms with Crippen LogP contribution in [-0.4, -0.2) is 23.8 Å². The van der Waals surface area contributed by atoms with Crippen LogP contribution in [0.25, 0.3) is 0 Å². The first-order chi connectivity index (χ1) is 7.44. The minimum Gasteiger partial charge on any atom is -0.504 e. The number of hydrogen-bond donors (Lipinski definition) is 2. The molecule has 1 aromatic carbocycles. The van der Waals surface area contributed by atoms with Gasteiger partial charge in [0.15, 0.2) is 11.5 Å². The molecule has 2 rings (SSSR count). The Kier molecular flexibility index (Phi) is 2.58. The predicted molar refractivity (Wildman–Crippen MR) is 65.2 cm³/mol. The molecule has 0 amide bonds. The van der Waals surface area contributed by atoms with Gasteiger partial charge in [0.25, 0.3) is 0 Å². The molecule has 0 saturated carbocycles. The van der Waals surface area contributed by atoms with Crippen molar-refractivity contribution in [3.63, 3.8) is 0 Å². The van der Waals surface area contributed by atoms with Crippen LogP contribution in [0, 0.1) is 13.0 Å². The molecule has 0 fully saturated rings. The Morgan fingerprint density at radius 1 is 1.38 bits per heavy atom. The average molecular weight is 221 g/mol. The maximum Gasteiger partial charge on any atom is 0.163 e. The van der Waals surface area contributed by atoms with E-state index in [4.69, 9.17) is 0 Å². The normalized spacial score (nSPS) is 28.8. The van der Waals surface area contributed by atoms with Crippen molar-refractivity contribution >= 4 is 5.69 Å². The highest BCUT2D eigenvalue weighted by molar-refractivity contribution is 5.60. The Morgan fingerprint density at radius 2 is 2.00 bits per heavy atom. The summed E-state index contributed by atoms with van der Waals surface area (Å²) in [6.45, 7) is 3.16. The molecule has 1 heterocycles. The molecule has 0 saturated heterocycles. The highest BCUT2D eigenvalue weighted by atomic mass is 16.3. The van der Waals surface area contributed by atoms with Gasteiger partial charge in [-0.25, -0.2) is 0 Å². The molecule has 16 heavy (non-hydrogen) atoms. The topological polar surface area (TPSA) is 40.5 Å². The zero-order valence-corrected chi connectivity index (χ0v) is 9.90. The number of phenolic OH excluding ortho intramolecular Hbond substituents is 2. The van der Waals surface area contributed by atoms with Gasteiger partial charge in [-0.3, -0.25) is 0 Å². The van der Waals surface area contributed by atoms with Crippen molar-refractivity contribution in [2.24, 2.45) is 5.92 Å². The van der Waals surface area contributed by atoms with Gasteiger partial charge in [0, 0.05) is 24.6 Å². The van der Waals surface area contributed by atoms with E-state index in [1.807, 2.05) is 7.05 Å². The van der Waals surface area contributed by atoms with Crippen LogP contribution in [0.5, 0.6) is 11.5 Å². The number of fused-ring (bicyclic) bond motifs is 1. The van der Waals surface area contributed by atoms with Gasteiger partial charge < -0.3 is 14.7 Å². The third-order valence-corrected chi connectivity index (χ3v) is 3.50. The summed E-state index contributed by atoms with van der Waals surface area (Å²) < 4.78 is 0.529. The molecular weight excluding hydrogens is 202 g/mol. The maximum absolute atomic E-state index is 9.54. The van der Waals surface area contributed by atoms with E-state index in [1.54, 1.807) is 12.1 Å². The minimum absolute atomic E-state index is 0.0319. The van der Waals surface area contributed by atoms with Crippen LogP contribution in [0.3, 0.4) is 0 Å². The molecule has 0 radical (unpaired) electrons. The van der Waals surface area contributed by atoms with Crippen LogP contribution < -0.4 is 4.48 Å². The Morgan fingerprint density at radius 3 is 2.62 bits per heavy atom. The van der Waals surface area contributed by atoms with E-state index in [0.717, 1.165) is 30.6 Å². The first-order valence-corrected chi connectivity index (χ1v) is 5.69. The molecule has 1 aromatic rings. The second kappa shape index (κ2) is 3.67. The number of quaternary nitrogens is 1. The standard InChI is InChI=1S/C13H19NO2/c1-4-9-5-10-6-12(15)13(16)7-11(10)14(2,3)8-9/h6-7,9,15-16H,2,4-5,8H2,1,3H3/t9-,14?/m0/s1. The lowest BCUT2D eigenvalue weighted by atomic mass is 9.89. The largest absolute Gasteiger partial charge is 0.504 e. The summed E-state index contributed by atoms with van der Waals surface area (Å²) in [6, 6.07) is 3.32. The summed E-state index contributed by atoms with van der Waals surface area (Å²) in [5.41, 5.74) is 2.12. The summed E-state index contributed by atoms with van der Waals surface area (Å²) in [7, 11) is 6.22. The number of phenols is 2. The summed E-state index contributed by atoms with van der Waals surface area (Å²) in [4.78, 5) is 0. The van der Waals surface area contributed by atoms with Crippen molar-refractivity contribution in [1.29, 1.82) is 0 Å². The molecule has 0 bridgehead atoms. The van der Waals surface area contributed by atoms with Crippen LogP contribution in [0.4, 0.5) is 5.69 Å². The highest BCUT2D eigenvalue weighted by Gasteiger charge is 2.29. The van der Waals surface area contributed by atoms with Gasteiger partial charge in [0.1, 0.15) is 5.69 Å². The van der Waals surface area contributed by atoms with Crippen molar-refractivity contribution < 1.29 is 10.2 Å². The minimum atomic E-state index is -0.0540. The van der Waals surface area contributed by atoms with Crippen LogP contribution in [0.1, 0.15) is 18.9 Å². The molecule has 1 unspecified atom stereocenters. The van der Waals surface area contributed by atoms with Gasteiger partial charge in [-0.1, -0.05) is 6.92 Å². The average Bonchev–Trinajstić information content (AvgIpc) is 2.20. The van der Waals surface area contributed by atoms with E-state index < -0.39 is 0 Å². The number of aromatic hydroxyl groups is 2. The smallest absolute Gasteiger partial charge is 0.163 e. The van der Waals surface area contributed by atoms with Crippen molar-refractivity contribution in [2.45, 2.75) is 19.8 Å². The molecule has 0 aromatic heterocycles. The van der Waals surface area contributed by atoms with Gasteiger partial charge >= 0.3 is 0 Å². The Labute approximate surface area is 96.5 Å². The lowest BCUT2D eigenvalue weighted by molar-refractivity contribution is 0.309. The zero-order chi connectivity index (χ0) is 11.9. The molecular formula is C13H19NO2. The van der Waals surface area contributed by atoms with Crippen LogP contribution in [0.2, 0.25) is 0 Å².